The zero-order chi connectivity index (χ0) is 27.1. The summed E-state index contributed by atoms with van der Waals surface area (Å²) < 4.78 is 11.7. The second-order valence-corrected chi connectivity index (χ2v) is 11.6. The van der Waals surface area contributed by atoms with Crippen molar-refractivity contribution in [3.8, 4) is 16.9 Å². The Morgan fingerprint density at radius 1 is 1.13 bits per heavy atom. The van der Waals surface area contributed by atoms with E-state index in [1.165, 1.54) is 0 Å². The lowest BCUT2D eigenvalue weighted by molar-refractivity contribution is 0.0172. The minimum Gasteiger partial charge on any atom is -0.493 e. The second-order valence-electron chi connectivity index (χ2n) is 11.6. The summed E-state index contributed by atoms with van der Waals surface area (Å²) in [5.41, 5.74) is 1.91. The Morgan fingerprint density at radius 2 is 1.87 bits per heavy atom. The number of piperidine rings is 1. The molecular weight excluding hydrogens is 480 g/mol. The van der Waals surface area contributed by atoms with E-state index in [9.17, 15) is 9.59 Å². The first-order valence-corrected chi connectivity index (χ1v) is 13.8. The predicted molar refractivity (Wildman–Crippen MR) is 148 cm³/mol. The van der Waals surface area contributed by atoms with Crippen LogP contribution < -0.4 is 10.1 Å². The van der Waals surface area contributed by atoms with Crippen molar-refractivity contribution in [2.45, 2.75) is 52.1 Å². The number of hydrogen-bond donors (Lipinski definition) is 1. The standard InChI is InChI=1S/C30H42N4O4/c1-30(2,3)38-29(36)34-13-10-22(11-14-34)16-23-18-31-12-7-15-37-27-9-6-5-8-26(27)24-17-25(20-32-19-24)28(35)33(4)21-23/h5-6,8-9,17,19-20,22-23,31H,7,10-16,18,21H2,1-4H3. The van der Waals surface area contributed by atoms with Crippen molar-refractivity contribution in [2.24, 2.45) is 11.8 Å². The van der Waals surface area contributed by atoms with Crippen molar-refractivity contribution in [2.75, 3.05) is 46.4 Å². The van der Waals surface area contributed by atoms with E-state index in [2.05, 4.69) is 10.3 Å². The Kier molecular flexibility index (Phi) is 9.26. The first-order chi connectivity index (χ1) is 18.2. The van der Waals surface area contributed by atoms with Gasteiger partial charge in [-0.05, 0) is 83.5 Å². The summed E-state index contributed by atoms with van der Waals surface area (Å²) in [6.07, 6.45) is 7.00. The highest BCUT2D eigenvalue weighted by molar-refractivity contribution is 5.95. The number of nitrogens with zero attached hydrogens (tertiary/aromatic N) is 3. The largest absolute Gasteiger partial charge is 0.493 e. The van der Waals surface area contributed by atoms with E-state index in [0.717, 1.165) is 55.6 Å². The molecule has 0 radical (unpaired) electrons. The molecule has 2 aromatic rings. The Bertz CT molecular complexity index is 1090. The Balaban J connectivity index is 1.42. The third kappa shape index (κ3) is 7.69. The highest BCUT2D eigenvalue weighted by Gasteiger charge is 2.29. The first-order valence-electron chi connectivity index (χ1n) is 13.8. The van der Waals surface area contributed by atoms with Gasteiger partial charge < -0.3 is 24.6 Å². The van der Waals surface area contributed by atoms with Crippen LogP contribution in [0.5, 0.6) is 5.75 Å². The minimum atomic E-state index is -0.482. The van der Waals surface area contributed by atoms with E-state index in [0.29, 0.717) is 43.6 Å². The molecule has 0 aliphatic carbocycles. The van der Waals surface area contributed by atoms with Crippen molar-refractivity contribution >= 4 is 12.0 Å². The highest BCUT2D eigenvalue weighted by Crippen LogP contribution is 2.31. The van der Waals surface area contributed by atoms with Crippen LogP contribution in [0.15, 0.2) is 42.7 Å². The number of rotatable bonds is 2. The van der Waals surface area contributed by atoms with E-state index < -0.39 is 5.60 Å². The predicted octanol–water partition coefficient (Wildman–Crippen LogP) is 4.85. The van der Waals surface area contributed by atoms with Crippen LogP contribution in [0, 0.1) is 11.8 Å². The Labute approximate surface area is 226 Å². The third-order valence-electron chi connectivity index (χ3n) is 7.18. The van der Waals surface area contributed by atoms with Crippen LogP contribution in [0.4, 0.5) is 4.79 Å². The molecule has 38 heavy (non-hydrogen) atoms. The lowest BCUT2D eigenvalue weighted by Gasteiger charge is -2.35. The molecule has 0 saturated carbocycles. The van der Waals surface area contributed by atoms with Crippen molar-refractivity contribution < 1.29 is 19.1 Å². The maximum Gasteiger partial charge on any atom is 0.410 e. The molecule has 1 saturated heterocycles. The molecule has 4 rings (SSSR count). The van der Waals surface area contributed by atoms with Gasteiger partial charge in [-0.15, -0.1) is 0 Å². The van der Waals surface area contributed by atoms with Gasteiger partial charge in [-0.25, -0.2) is 4.79 Å². The molecule has 1 atom stereocenters. The monoisotopic (exact) mass is 522 g/mol. The molecule has 206 valence electrons. The number of hydrogen-bond acceptors (Lipinski definition) is 6. The smallest absolute Gasteiger partial charge is 0.410 e. The van der Waals surface area contributed by atoms with Gasteiger partial charge in [0.25, 0.3) is 5.91 Å². The van der Waals surface area contributed by atoms with Crippen LogP contribution >= 0.6 is 0 Å². The van der Waals surface area contributed by atoms with Gasteiger partial charge in [-0.1, -0.05) is 18.2 Å². The van der Waals surface area contributed by atoms with Gasteiger partial charge >= 0.3 is 6.09 Å². The van der Waals surface area contributed by atoms with Gasteiger partial charge in [0.15, 0.2) is 0 Å². The number of fused-ring (bicyclic) bond motifs is 4. The molecule has 0 spiro atoms. The lowest BCUT2D eigenvalue weighted by Crippen LogP contribution is -2.43. The van der Waals surface area contributed by atoms with E-state index in [1.807, 2.05) is 68.0 Å². The van der Waals surface area contributed by atoms with Crippen molar-refractivity contribution in [1.29, 1.82) is 0 Å². The fraction of sp³-hybridized carbons (Fsp3) is 0.567. The fourth-order valence-corrected chi connectivity index (χ4v) is 5.28. The zero-order valence-electron chi connectivity index (χ0n) is 23.2. The summed E-state index contributed by atoms with van der Waals surface area (Å²) in [6, 6.07) is 9.81. The number of likely N-dealkylation sites (tertiary alicyclic amines) is 1. The molecular formula is C30H42N4O4. The van der Waals surface area contributed by atoms with E-state index in [1.54, 1.807) is 12.4 Å². The Hall–Kier alpha value is -3.13. The van der Waals surface area contributed by atoms with Gasteiger partial charge in [0, 0.05) is 50.2 Å². The topological polar surface area (TPSA) is 84.0 Å². The van der Waals surface area contributed by atoms with Crippen molar-refractivity contribution in [3.63, 3.8) is 0 Å². The summed E-state index contributed by atoms with van der Waals surface area (Å²) in [7, 11) is 1.88. The SMILES string of the molecule is CN1CC(CC2CCN(C(=O)OC(C)(C)C)CC2)CNCCCOc2ccccc2-c2cncc(c2)C1=O. The number of benzene rings is 1. The highest BCUT2D eigenvalue weighted by atomic mass is 16.6. The number of ether oxygens (including phenoxy) is 2. The molecule has 3 heterocycles. The van der Waals surface area contributed by atoms with E-state index in [-0.39, 0.29) is 12.0 Å². The minimum absolute atomic E-state index is 0.0302. The number of pyridine rings is 1. The summed E-state index contributed by atoms with van der Waals surface area (Å²) >= 11 is 0. The number of aromatic nitrogens is 1. The van der Waals surface area contributed by atoms with Gasteiger partial charge in [0.1, 0.15) is 11.4 Å². The Morgan fingerprint density at radius 3 is 2.63 bits per heavy atom. The zero-order valence-corrected chi connectivity index (χ0v) is 23.2. The molecule has 8 nitrogen and oxygen atoms in total. The molecule has 1 fully saturated rings. The average Bonchev–Trinajstić information content (AvgIpc) is 2.89. The number of nitrogens with one attached hydrogen (secondary N) is 1. The third-order valence-corrected chi connectivity index (χ3v) is 7.18. The maximum absolute atomic E-state index is 13.4. The summed E-state index contributed by atoms with van der Waals surface area (Å²) in [5, 5.41) is 3.60. The van der Waals surface area contributed by atoms with Gasteiger partial charge in [0.2, 0.25) is 0 Å². The summed E-state index contributed by atoms with van der Waals surface area (Å²) in [5.74, 6) is 1.59. The van der Waals surface area contributed by atoms with Crippen LogP contribution in [0.25, 0.3) is 11.1 Å². The van der Waals surface area contributed by atoms with Crippen molar-refractivity contribution in [1.82, 2.24) is 20.1 Å². The summed E-state index contributed by atoms with van der Waals surface area (Å²) in [6.45, 7) is 10.1. The van der Waals surface area contributed by atoms with Crippen LogP contribution in [0.2, 0.25) is 0 Å². The molecule has 2 aliphatic heterocycles. The lowest BCUT2D eigenvalue weighted by atomic mass is 9.86. The molecule has 8 heteroatoms. The number of carbonyl (C=O) groups is 2. The fourth-order valence-electron chi connectivity index (χ4n) is 5.28. The van der Waals surface area contributed by atoms with Gasteiger partial charge in [0.05, 0.1) is 12.2 Å². The maximum atomic E-state index is 13.4. The molecule has 1 aromatic carbocycles. The van der Waals surface area contributed by atoms with Crippen LogP contribution in [0.3, 0.4) is 0 Å². The molecule has 1 aromatic heterocycles. The molecule has 2 amide bonds. The van der Waals surface area contributed by atoms with Crippen molar-refractivity contribution in [3.05, 3.63) is 48.3 Å². The summed E-state index contributed by atoms with van der Waals surface area (Å²) in [4.78, 5) is 33.9. The molecule has 2 aliphatic rings. The number of para-hydroxylation sites is 1. The molecule has 2 bridgehead atoms. The van der Waals surface area contributed by atoms with Crippen LogP contribution in [0.1, 0.15) is 56.8 Å². The normalized spacial score (nSPS) is 20.1. The average molecular weight is 523 g/mol. The first kappa shape index (κ1) is 27.9. The van der Waals surface area contributed by atoms with Gasteiger partial charge in [-0.2, -0.15) is 0 Å². The molecule has 1 unspecified atom stereocenters. The second kappa shape index (κ2) is 12.6. The van der Waals surface area contributed by atoms with Gasteiger partial charge in [-0.3, -0.25) is 9.78 Å². The van der Waals surface area contributed by atoms with Crippen LogP contribution in [-0.2, 0) is 4.74 Å². The van der Waals surface area contributed by atoms with E-state index >= 15 is 0 Å². The van der Waals surface area contributed by atoms with E-state index in [4.69, 9.17) is 9.47 Å². The quantitative estimate of drug-likeness (QED) is 0.607. The molecule has 1 N–H and O–H groups in total. The van der Waals surface area contributed by atoms with Crippen LogP contribution in [-0.4, -0.2) is 78.8 Å². The number of amides is 2. The number of carbonyl (C=O) groups excluding carboxylic acids is 2.